The number of carbonyl (C=O) groups is 1. The van der Waals surface area contributed by atoms with Crippen molar-refractivity contribution < 1.29 is 13.2 Å². The van der Waals surface area contributed by atoms with Gasteiger partial charge in [0.25, 0.3) is 0 Å². The zero-order valence-corrected chi connectivity index (χ0v) is 14.9. The van der Waals surface area contributed by atoms with E-state index in [-0.39, 0.29) is 18.5 Å². The summed E-state index contributed by atoms with van der Waals surface area (Å²) < 4.78 is 25.1. The van der Waals surface area contributed by atoms with Crippen LogP contribution in [-0.2, 0) is 14.8 Å². The molecule has 0 radical (unpaired) electrons. The Bertz CT molecular complexity index is 658. The molecule has 1 fully saturated rings. The van der Waals surface area contributed by atoms with Gasteiger partial charge in [-0.15, -0.1) is 0 Å². The van der Waals surface area contributed by atoms with E-state index in [2.05, 4.69) is 10.2 Å². The predicted octanol–water partition coefficient (Wildman–Crippen LogP) is 1.32. The van der Waals surface area contributed by atoms with Crippen molar-refractivity contribution in [3.63, 3.8) is 0 Å². The molecule has 1 N–H and O–H groups in total. The molecule has 1 aromatic rings. The maximum Gasteiger partial charge on any atom is 0.240 e. The van der Waals surface area contributed by atoms with Gasteiger partial charge in [0.2, 0.25) is 15.9 Å². The molecule has 1 aliphatic rings. The number of nitrogens with one attached hydrogen (secondary N) is 1. The Kier molecular flexibility index (Phi) is 5.89. The number of piperidine rings is 1. The number of hydrogen-bond acceptors (Lipinski definition) is 4. The zero-order chi connectivity index (χ0) is 17.0. The minimum absolute atomic E-state index is 0.0892. The number of hydrogen-bond donors (Lipinski definition) is 1. The molecule has 1 heterocycles. The van der Waals surface area contributed by atoms with Crippen molar-refractivity contribution in [2.24, 2.45) is 0 Å². The second-order valence-electron chi connectivity index (χ2n) is 5.87. The third-order valence-corrected chi connectivity index (χ3v) is 5.34. The average Bonchev–Trinajstić information content (AvgIpc) is 2.47. The highest BCUT2D eigenvalue weighted by Crippen LogP contribution is 2.26. The molecular formula is C15H22ClN3O3S. The topological polar surface area (TPSA) is 69.7 Å². The lowest BCUT2D eigenvalue weighted by Gasteiger charge is -2.30. The minimum atomic E-state index is -3.61. The first-order valence-corrected chi connectivity index (χ1v) is 9.70. The highest BCUT2D eigenvalue weighted by atomic mass is 35.5. The first-order chi connectivity index (χ1) is 10.8. The van der Waals surface area contributed by atoms with Gasteiger partial charge < -0.3 is 10.2 Å². The Morgan fingerprint density at radius 1 is 1.35 bits per heavy atom. The van der Waals surface area contributed by atoms with Crippen LogP contribution in [0.2, 0.25) is 5.02 Å². The summed E-state index contributed by atoms with van der Waals surface area (Å²) in [5, 5.41) is 3.21. The minimum Gasteiger partial charge on any atom is -0.352 e. The zero-order valence-electron chi connectivity index (χ0n) is 13.3. The van der Waals surface area contributed by atoms with E-state index in [1.54, 1.807) is 24.3 Å². The number of para-hydroxylation sites is 1. The molecule has 1 aromatic carbocycles. The predicted molar refractivity (Wildman–Crippen MR) is 92.3 cm³/mol. The standard InChI is InChI=1S/C15H22ClN3O3S/c1-18-9-7-12(8-10-18)17-15(20)11-19(23(2,21)22)14-6-4-3-5-13(14)16/h3-6,12H,7-11H2,1-2H3,(H,17,20). The van der Waals surface area contributed by atoms with Crippen LogP contribution < -0.4 is 9.62 Å². The third-order valence-electron chi connectivity index (χ3n) is 3.89. The lowest BCUT2D eigenvalue weighted by molar-refractivity contribution is -0.120. The van der Waals surface area contributed by atoms with Gasteiger partial charge in [0.05, 0.1) is 17.0 Å². The van der Waals surface area contributed by atoms with Gasteiger partial charge in [-0.1, -0.05) is 23.7 Å². The smallest absolute Gasteiger partial charge is 0.240 e. The lowest BCUT2D eigenvalue weighted by atomic mass is 10.1. The number of amides is 1. The molecule has 8 heteroatoms. The SMILES string of the molecule is CN1CCC(NC(=O)CN(c2ccccc2Cl)S(C)(=O)=O)CC1. The first-order valence-electron chi connectivity index (χ1n) is 7.47. The molecular weight excluding hydrogens is 338 g/mol. The fourth-order valence-corrected chi connectivity index (χ4v) is 3.75. The molecule has 0 unspecified atom stereocenters. The molecule has 0 bridgehead atoms. The number of halogens is 1. The Labute approximate surface area is 142 Å². The number of likely N-dealkylation sites (tertiary alicyclic amines) is 1. The van der Waals surface area contributed by atoms with Gasteiger partial charge in [-0.3, -0.25) is 9.10 Å². The van der Waals surface area contributed by atoms with Crippen molar-refractivity contribution in [1.82, 2.24) is 10.2 Å². The molecule has 0 aromatic heterocycles. The van der Waals surface area contributed by atoms with Gasteiger partial charge in [-0.05, 0) is 45.1 Å². The molecule has 1 aliphatic heterocycles. The van der Waals surface area contributed by atoms with Gasteiger partial charge in [-0.2, -0.15) is 0 Å². The van der Waals surface area contributed by atoms with Gasteiger partial charge in [0.15, 0.2) is 0 Å². The second kappa shape index (κ2) is 7.51. The van der Waals surface area contributed by atoms with Crippen LogP contribution in [0.15, 0.2) is 24.3 Å². The van der Waals surface area contributed by atoms with Gasteiger partial charge in [-0.25, -0.2) is 8.42 Å². The normalized spacial score (nSPS) is 17.0. The van der Waals surface area contributed by atoms with Crippen LogP contribution in [0.1, 0.15) is 12.8 Å². The molecule has 2 rings (SSSR count). The molecule has 1 saturated heterocycles. The maximum atomic E-state index is 12.3. The largest absolute Gasteiger partial charge is 0.352 e. The summed E-state index contributed by atoms with van der Waals surface area (Å²) in [4.78, 5) is 14.5. The number of sulfonamides is 1. The van der Waals surface area contributed by atoms with Gasteiger partial charge >= 0.3 is 0 Å². The molecule has 6 nitrogen and oxygen atoms in total. The third kappa shape index (κ3) is 5.09. The van der Waals surface area contributed by atoms with Crippen LogP contribution in [0.4, 0.5) is 5.69 Å². The quantitative estimate of drug-likeness (QED) is 0.860. The Morgan fingerprint density at radius 3 is 2.52 bits per heavy atom. The summed E-state index contributed by atoms with van der Waals surface area (Å²) in [5.41, 5.74) is 0.315. The first kappa shape index (κ1) is 18.0. The number of anilines is 1. The summed E-state index contributed by atoms with van der Waals surface area (Å²) in [5.74, 6) is -0.315. The number of rotatable bonds is 5. The Hall–Kier alpha value is -1.31. The van der Waals surface area contributed by atoms with Crippen LogP contribution in [0.3, 0.4) is 0 Å². The maximum absolute atomic E-state index is 12.3. The fourth-order valence-electron chi connectivity index (χ4n) is 2.59. The fraction of sp³-hybridized carbons (Fsp3) is 0.533. The van der Waals surface area contributed by atoms with Crippen LogP contribution in [0.25, 0.3) is 0 Å². The van der Waals surface area contributed by atoms with Crippen molar-refractivity contribution in [2.75, 3.05) is 37.2 Å². The molecule has 0 atom stereocenters. The molecule has 128 valence electrons. The van der Waals surface area contributed by atoms with E-state index in [9.17, 15) is 13.2 Å². The van der Waals surface area contributed by atoms with E-state index in [1.165, 1.54) is 0 Å². The second-order valence-corrected chi connectivity index (χ2v) is 8.18. The van der Waals surface area contributed by atoms with Gasteiger partial charge in [0, 0.05) is 6.04 Å². The van der Waals surface area contributed by atoms with E-state index < -0.39 is 10.0 Å². The highest BCUT2D eigenvalue weighted by molar-refractivity contribution is 7.92. The lowest BCUT2D eigenvalue weighted by Crippen LogP contribution is -2.47. The Balaban J connectivity index is 2.07. The Morgan fingerprint density at radius 2 is 1.96 bits per heavy atom. The molecule has 0 spiro atoms. The molecule has 1 amide bonds. The summed E-state index contributed by atoms with van der Waals surface area (Å²) in [6, 6.07) is 6.68. The van der Waals surface area contributed by atoms with E-state index in [1.807, 2.05) is 7.05 Å². The summed E-state index contributed by atoms with van der Waals surface area (Å²) in [6.45, 7) is 1.57. The molecule has 23 heavy (non-hydrogen) atoms. The summed E-state index contributed by atoms with van der Waals surface area (Å²) in [7, 11) is -1.56. The van der Waals surface area contributed by atoms with Crippen LogP contribution >= 0.6 is 11.6 Å². The number of benzene rings is 1. The summed E-state index contributed by atoms with van der Waals surface area (Å²) in [6.07, 6.45) is 2.81. The molecule has 0 aliphatic carbocycles. The summed E-state index contributed by atoms with van der Waals surface area (Å²) >= 11 is 6.07. The van der Waals surface area contributed by atoms with Crippen molar-refractivity contribution in [2.45, 2.75) is 18.9 Å². The van der Waals surface area contributed by atoms with E-state index in [4.69, 9.17) is 11.6 Å². The van der Waals surface area contributed by atoms with Crippen molar-refractivity contribution >= 4 is 33.2 Å². The van der Waals surface area contributed by atoms with Gasteiger partial charge in [0.1, 0.15) is 6.54 Å². The highest BCUT2D eigenvalue weighted by Gasteiger charge is 2.25. The average molecular weight is 360 g/mol. The molecule has 0 saturated carbocycles. The number of carbonyl (C=O) groups excluding carboxylic acids is 1. The van der Waals surface area contributed by atoms with E-state index in [0.29, 0.717) is 10.7 Å². The van der Waals surface area contributed by atoms with E-state index in [0.717, 1.165) is 36.5 Å². The van der Waals surface area contributed by atoms with Crippen molar-refractivity contribution in [3.05, 3.63) is 29.3 Å². The van der Waals surface area contributed by atoms with Crippen LogP contribution in [0.5, 0.6) is 0 Å². The van der Waals surface area contributed by atoms with Crippen molar-refractivity contribution in [3.8, 4) is 0 Å². The van der Waals surface area contributed by atoms with Crippen LogP contribution in [-0.4, -0.2) is 58.2 Å². The van der Waals surface area contributed by atoms with Crippen LogP contribution in [0, 0.1) is 0 Å². The number of nitrogens with zero attached hydrogens (tertiary/aromatic N) is 2. The monoisotopic (exact) mass is 359 g/mol. The van der Waals surface area contributed by atoms with E-state index >= 15 is 0 Å². The van der Waals surface area contributed by atoms with Crippen molar-refractivity contribution in [1.29, 1.82) is 0 Å².